The van der Waals surface area contributed by atoms with Gasteiger partial charge in [-0.3, -0.25) is 14.3 Å². The highest BCUT2D eigenvalue weighted by molar-refractivity contribution is 8.02. The highest BCUT2D eigenvalue weighted by Gasteiger charge is 2.46. The molecule has 25 heavy (non-hydrogen) atoms. The van der Waals surface area contributed by atoms with Crippen LogP contribution in [0.1, 0.15) is 37.1 Å². The third-order valence-corrected chi connectivity index (χ3v) is 6.35. The minimum absolute atomic E-state index is 0.0904. The maximum Gasteiger partial charge on any atom is 0.250 e. The van der Waals surface area contributed by atoms with Crippen molar-refractivity contribution in [1.82, 2.24) is 15.1 Å². The van der Waals surface area contributed by atoms with E-state index in [-0.39, 0.29) is 17.9 Å². The first-order valence-corrected chi connectivity index (χ1v) is 9.22. The number of hydrogen-bond acceptors (Lipinski definition) is 4. The number of nitrogens with zero attached hydrogens (tertiary/aromatic N) is 2. The molecule has 0 unspecified atom stereocenters. The molecule has 2 heterocycles. The molecule has 0 saturated heterocycles. The van der Waals surface area contributed by atoms with E-state index >= 15 is 0 Å². The van der Waals surface area contributed by atoms with Crippen LogP contribution in [-0.4, -0.2) is 26.3 Å². The summed E-state index contributed by atoms with van der Waals surface area (Å²) in [5.41, 5.74) is 2.98. The molecule has 0 saturated carbocycles. The number of carbonyl (C=O) groups is 2. The summed E-state index contributed by atoms with van der Waals surface area (Å²) in [6, 6.07) is 7.46. The molecule has 2 aromatic rings. The molecule has 0 spiro atoms. The number of benzene rings is 1. The number of fused-ring (bicyclic) bond motifs is 2. The van der Waals surface area contributed by atoms with Gasteiger partial charge in [0.15, 0.2) is 4.75 Å². The number of rotatable bonds is 2. The Morgan fingerprint density at radius 3 is 3.08 bits per heavy atom. The first-order chi connectivity index (χ1) is 12.0. The van der Waals surface area contributed by atoms with Crippen molar-refractivity contribution in [3.05, 3.63) is 41.7 Å². The van der Waals surface area contributed by atoms with E-state index in [4.69, 9.17) is 0 Å². The summed E-state index contributed by atoms with van der Waals surface area (Å²) in [7, 11) is 1.92. The maximum atomic E-state index is 13.0. The second kappa shape index (κ2) is 5.91. The predicted molar refractivity (Wildman–Crippen MR) is 96.4 cm³/mol. The Morgan fingerprint density at radius 2 is 2.24 bits per heavy atom. The number of nitrogens with one attached hydrogen (secondary N) is 2. The summed E-state index contributed by atoms with van der Waals surface area (Å²) < 4.78 is 0.682. The fourth-order valence-electron chi connectivity index (χ4n) is 3.47. The molecule has 2 aliphatic rings. The molecular formula is C18H20N4O2S. The second-order valence-corrected chi connectivity index (χ2v) is 8.13. The van der Waals surface area contributed by atoms with E-state index in [1.165, 1.54) is 11.8 Å². The lowest BCUT2D eigenvalue weighted by Gasteiger charge is -2.34. The Balaban J connectivity index is 1.58. The van der Waals surface area contributed by atoms with Crippen molar-refractivity contribution in [2.24, 2.45) is 7.05 Å². The van der Waals surface area contributed by atoms with Crippen LogP contribution in [0.15, 0.2) is 35.4 Å². The molecule has 0 bridgehead atoms. The van der Waals surface area contributed by atoms with E-state index in [1.807, 2.05) is 42.2 Å². The molecule has 1 aliphatic carbocycles. The molecule has 7 heteroatoms. The number of anilines is 1. The number of aromatic nitrogens is 2. The molecule has 0 fully saturated rings. The monoisotopic (exact) mass is 356 g/mol. The van der Waals surface area contributed by atoms with Crippen molar-refractivity contribution >= 4 is 29.3 Å². The third kappa shape index (κ3) is 2.63. The SMILES string of the molecule is Cn1ncc2c1CCC[C@H]2NC(=O)[C@@]1(C)Sc2ccccc2NC1=O. The van der Waals surface area contributed by atoms with Gasteiger partial charge in [0.2, 0.25) is 11.8 Å². The Hall–Kier alpha value is -2.28. The zero-order chi connectivity index (χ0) is 17.6. The van der Waals surface area contributed by atoms with Gasteiger partial charge in [0.1, 0.15) is 0 Å². The molecule has 1 aromatic carbocycles. The number of aryl methyl sites for hydroxylation is 1. The highest BCUT2D eigenvalue weighted by Crippen LogP contribution is 2.43. The fraction of sp³-hybridized carbons (Fsp3) is 0.389. The largest absolute Gasteiger partial charge is 0.347 e. The van der Waals surface area contributed by atoms with Crippen molar-refractivity contribution in [3.63, 3.8) is 0 Å². The summed E-state index contributed by atoms with van der Waals surface area (Å²) in [5, 5.41) is 10.3. The van der Waals surface area contributed by atoms with Crippen molar-refractivity contribution < 1.29 is 9.59 Å². The summed E-state index contributed by atoms with van der Waals surface area (Å²) in [5.74, 6) is -0.540. The average molecular weight is 356 g/mol. The van der Waals surface area contributed by atoms with Gasteiger partial charge in [0.05, 0.1) is 17.9 Å². The van der Waals surface area contributed by atoms with Crippen LogP contribution in [0.25, 0.3) is 0 Å². The van der Waals surface area contributed by atoms with Gasteiger partial charge in [0, 0.05) is 23.2 Å². The topological polar surface area (TPSA) is 76.0 Å². The number of carbonyl (C=O) groups excluding carboxylic acids is 2. The number of thioether (sulfide) groups is 1. The third-order valence-electron chi connectivity index (χ3n) is 5.00. The molecule has 2 amide bonds. The Labute approximate surface area is 150 Å². The average Bonchev–Trinajstić information content (AvgIpc) is 2.98. The zero-order valence-electron chi connectivity index (χ0n) is 14.2. The van der Waals surface area contributed by atoms with E-state index < -0.39 is 4.75 Å². The Kier molecular flexibility index (Phi) is 3.83. The van der Waals surface area contributed by atoms with Crippen molar-refractivity contribution in [2.45, 2.75) is 41.9 Å². The minimum Gasteiger partial charge on any atom is -0.347 e. The van der Waals surface area contributed by atoms with Gasteiger partial charge in [-0.2, -0.15) is 5.10 Å². The molecule has 1 aliphatic heterocycles. The van der Waals surface area contributed by atoms with Crippen LogP contribution < -0.4 is 10.6 Å². The first-order valence-electron chi connectivity index (χ1n) is 8.40. The van der Waals surface area contributed by atoms with Gasteiger partial charge in [-0.05, 0) is 38.3 Å². The predicted octanol–water partition coefficient (Wildman–Crippen LogP) is 2.42. The number of hydrogen-bond donors (Lipinski definition) is 2. The molecule has 1 aromatic heterocycles. The van der Waals surface area contributed by atoms with Crippen LogP contribution in [0.2, 0.25) is 0 Å². The lowest BCUT2D eigenvalue weighted by Crippen LogP contribution is -2.53. The van der Waals surface area contributed by atoms with E-state index in [0.717, 1.165) is 41.1 Å². The normalized spacial score (nSPS) is 24.9. The lowest BCUT2D eigenvalue weighted by atomic mass is 9.92. The minimum atomic E-state index is -1.19. The zero-order valence-corrected chi connectivity index (χ0v) is 15.0. The van der Waals surface area contributed by atoms with Crippen LogP contribution in [0.3, 0.4) is 0 Å². The smallest absolute Gasteiger partial charge is 0.250 e. The van der Waals surface area contributed by atoms with E-state index in [0.29, 0.717) is 0 Å². The van der Waals surface area contributed by atoms with E-state index in [2.05, 4.69) is 15.7 Å². The van der Waals surface area contributed by atoms with Crippen molar-refractivity contribution in [1.29, 1.82) is 0 Å². The van der Waals surface area contributed by atoms with E-state index in [9.17, 15) is 9.59 Å². The second-order valence-electron chi connectivity index (χ2n) is 6.67. The van der Waals surface area contributed by atoms with Crippen LogP contribution in [0.4, 0.5) is 5.69 Å². The Morgan fingerprint density at radius 1 is 1.44 bits per heavy atom. The summed E-state index contributed by atoms with van der Waals surface area (Å²) in [4.78, 5) is 26.5. The van der Waals surface area contributed by atoms with Crippen LogP contribution in [-0.2, 0) is 23.1 Å². The standard InChI is InChI=1S/C18H20N4O2S/c1-18(17(24)21-13-6-3-4-9-15(13)25-18)16(23)20-12-7-5-8-14-11(12)10-19-22(14)2/h3-4,6,9-10,12H,5,7-8H2,1-2H3,(H,20,23)(H,21,24)/t12-,18-/m1/s1. The van der Waals surface area contributed by atoms with Gasteiger partial charge in [-0.25, -0.2) is 0 Å². The molecule has 130 valence electrons. The van der Waals surface area contributed by atoms with Crippen LogP contribution >= 0.6 is 11.8 Å². The van der Waals surface area contributed by atoms with Crippen molar-refractivity contribution in [3.8, 4) is 0 Å². The summed E-state index contributed by atoms with van der Waals surface area (Å²) in [6.45, 7) is 1.69. The Bertz CT molecular complexity index is 863. The molecule has 2 N–H and O–H groups in total. The lowest BCUT2D eigenvalue weighted by molar-refractivity contribution is -0.130. The van der Waals surface area contributed by atoms with Gasteiger partial charge in [-0.15, -0.1) is 0 Å². The number of amides is 2. The molecule has 0 radical (unpaired) electrons. The fourth-order valence-corrected chi connectivity index (χ4v) is 4.58. The van der Waals surface area contributed by atoms with Gasteiger partial charge >= 0.3 is 0 Å². The summed E-state index contributed by atoms with van der Waals surface area (Å²) >= 11 is 1.31. The quantitative estimate of drug-likeness (QED) is 0.810. The molecular weight excluding hydrogens is 336 g/mol. The molecule has 4 rings (SSSR count). The summed E-state index contributed by atoms with van der Waals surface area (Å²) in [6.07, 6.45) is 4.66. The molecule has 6 nitrogen and oxygen atoms in total. The number of para-hydroxylation sites is 1. The van der Waals surface area contributed by atoms with Crippen molar-refractivity contribution in [2.75, 3.05) is 5.32 Å². The van der Waals surface area contributed by atoms with Crippen LogP contribution in [0, 0.1) is 0 Å². The van der Waals surface area contributed by atoms with E-state index in [1.54, 1.807) is 6.92 Å². The highest BCUT2D eigenvalue weighted by atomic mass is 32.2. The van der Waals surface area contributed by atoms with Gasteiger partial charge in [0.25, 0.3) is 0 Å². The van der Waals surface area contributed by atoms with Crippen LogP contribution in [0.5, 0.6) is 0 Å². The van der Waals surface area contributed by atoms with Gasteiger partial charge in [-0.1, -0.05) is 23.9 Å². The first kappa shape index (κ1) is 16.2. The van der Waals surface area contributed by atoms with Gasteiger partial charge < -0.3 is 10.6 Å². The molecule has 2 atom stereocenters. The maximum absolute atomic E-state index is 13.0.